The monoisotopic (exact) mass is 396 g/mol. The quantitative estimate of drug-likeness (QED) is 0.832. The van der Waals surface area contributed by atoms with E-state index in [1.54, 1.807) is 0 Å². The van der Waals surface area contributed by atoms with Gasteiger partial charge in [-0.25, -0.2) is 0 Å². The van der Waals surface area contributed by atoms with E-state index in [-0.39, 0.29) is 5.41 Å². The van der Waals surface area contributed by atoms with Gasteiger partial charge in [-0.3, -0.25) is 9.48 Å². The molecule has 29 heavy (non-hydrogen) atoms. The van der Waals surface area contributed by atoms with Gasteiger partial charge in [0.25, 0.3) is 0 Å². The predicted molar refractivity (Wildman–Crippen MR) is 112 cm³/mol. The number of nitrogens with one attached hydrogen (secondary N) is 1. The van der Waals surface area contributed by atoms with Gasteiger partial charge in [-0.15, -0.1) is 0 Å². The molecule has 1 amide bonds. The maximum absolute atomic E-state index is 13.4. The molecule has 6 fully saturated rings. The fourth-order valence-corrected chi connectivity index (χ4v) is 7.95. The summed E-state index contributed by atoms with van der Waals surface area (Å²) in [7, 11) is 2.03. The summed E-state index contributed by atoms with van der Waals surface area (Å²) in [6.45, 7) is 3.49. The molecule has 1 aromatic heterocycles. The zero-order chi connectivity index (χ0) is 19.6. The Morgan fingerprint density at radius 1 is 1.10 bits per heavy atom. The van der Waals surface area contributed by atoms with Crippen molar-refractivity contribution in [2.45, 2.75) is 70.3 Å². The van der Waals surface area contributed by atoms with Gasteiger partial charge in [0, 0.05) is 43.4 Å². The van der Waals surface area contributed by atoms with Crippen LogP contribution >= 0.6 is 0 Å². The zero-order valence-corrected chi connectivity index (χ0v) is 17.9. The van der Waals surface area contributed by atoms with Crippen LogP contribution in [0.3, 0.4) is 0 Å². The van der Waals surface area contributed by atoms with Crippen LogP contribution in [-0.4, -0.2) is 46.3 Å². The topological polar surface area (TPSA) is 50.2 Å². The van der Waals surface area contributed by atoms with Crippen LogP contribution in [0.15, 0.2) is 12.3 Å². The number of aromatic nitrogens is 2. The molecule has 0 radical (unpaired) electrons. The first kappa shape index (κ1) is 18.4. The summed E-state index contributed by atoms with van der Waals surface area (Å²) in [5, 5.41) is 7.86. The molecule has 4 bridgehead atoms. The predicted octanol–water partition coefficient (Wildman–Crippen LogP) is 3.15. The number of piperidine rings is 1. The van der Waals surface area contributed by atoms with Gasteiger partial charge in [0.1, 0.15) is 0 Å². The van der Waals surface area contributed by atoms with Crippen molar-refractivity contribution in [3.8, 4) is 0 Å². The highest BCUT2D eigenvalue weighted by atomic mass is 16.2. The summed E-state index contributed by atoms with van der Waals surface area (Å²) >= 11 is 0. The maximum Gasteiger partial charge on any atom is 0.226 e. The third-order valence-electron chi connectivity index (χ3n) is 9.47. The molecule has 5 saturated carbocycles. The molecular formula is C24H36N4O. The lowest BCUT2D eigenvalue weighted by Crippen LogP contribution is -2.54. The summed E-state index contributed by atoms with van der Waals surface area (Å²) in [5.41, 5.74) is 1.75. The Bertz CT molecular complexity index is 755. The second-order valence-corrected chi connectivity index (χ2v) is 11.3. The number of rotatable bonds is 5. The van der Waals surface area contributed by atoms with E-state index in [1.165, 1.54) is 76.6 Å². The van der Waals surface area contributed by atoms with E-state index in [0.29, 0.717) is 17.4 Å². The van der Waals surface area contributed by atoms with Crippen LogP contribution in [0, 0.1) is 28.6 Å². The van der Waals surface area contributed by atoms with Gasteiger partial charge in [0.2, 0.25) is 5.91 Å². The van der Waals surface area contributed by atoms with Crippen molar-refractivity contribution in [2.75, 3.05) is 19.6 Å². The van der Waals surface area contributed by atoms with Gasteiger partial charge in [-0.1, -0.05) is 0 Å². The molecule has 5 aliphatic carbocycles. The van der Waals surface area contributed by atoms with Crippen LogP contribution in [-0.2, 0) is 18.3 Å². The molecule has 7 rings (SSSR count). The minimum absolute atomic E-state index is 0.0162. The third kappa shape index (κ3) is 3.15. The van der Waals surface area contributed by atoms with E-state index in [4.69, 9.17) is 0 Å². The van der Waals surface area contributed by atoms with Crippen LogP contribution in [0.2, 0.25) is 0 Å². The zero-order valence-electron chi connectivity index (χ0n) is 17.9. The van der Waals surface area contributed by atoms with Gasteiger partial charge in [0.05, 0.1) is 0 Å². The number of nitrogens with zero attached hydrogens (tertiary/aromatic N) is 3. The highest BCUT2D eigenvalue weighted by Crippen LogP contribution is 2.61. The lowest BCUT2D eigenvalue weighted by Gasteiger charge is -2.55. The van der Waals surface area contributed by atoms with Crippen molar-refractivity contribution in [1.29, 1.82) is 0 Å². The fourth-order valence-electron chi connectivity index (χ4n) is 7.95. The summed E-state index contributed by atoms with van der Waals surface area (Å²) in [5.74, 6) is 2.99. The number of carbonyl (C=O) groups excluding carboxylic acids is 1. The highest BCUT2D eigenvalue weighted by molar-refractivity contribution is 5.84. The molecule has 1 atom stereocenters. The second-order valence-electron chi connectivity index (χ2n) is 11.3. The van der Waals surface area contributed by atoms with E-state index in [0.717, 1.165) is 30.7 Å². The smallest absolute Gasteiger partial charge is 0.226 e. The first-order valence-electron chi connectivity index (χ1n) is 12.0. The first-order chi connectivity index (χ1) is 14.0. The minimum Gasteiger partial charge on any atom is -0.352 e. The van der Waals surface area contributed by atoms with Crippen LogP contribution in [0.5, 0.6) is 0 Å². The summed E-state index contributed by atoms with van der Waals surface area (Å²) in [6, 6.07) is 2.59. The molecule has 6 aliphatic rings. The van der Waals surface area contributed by atoms with Crippen molar-refractivity contribution >= 4 is 5.91 Å². The van der Waals surface area contributed by atoms with E-state index in [2.05, 4.69) is 21.4 Å². The minimum atomic E-state index is 0.0162. The molecule has 1 saturated heterocycles. The van der Waals surface area contributed by atoms with Crippen molar-refractivity contribution in [1.82, 2.24) is 20.0 Å². The lowest BCUT2D eigenvalue weighted by molar-refractivity contribution is -0.146. The van der Waals surface area contributed by atoms with Crippen molar-refractivity contribution < 1.29 is 4.79 Å². The van der Waals surface area contributed by atoms with Gasteiger partial charge < -0.3 is 10.2 Å². The Hall–Kier alpha value is -1.36. The van der Waals surface area contributed by atoms with Crippen LogP contribution in [0.4, 0.5) is 0 Å². The maximum atomic E-state index is 13.4. The summed E-state index contributed by atoms with van der Waals surface area (Å²) in [6.07, 6.45) is 14.5. The Kier molecular flexibility index (Phi) is 4.17. The normalized spacial score (nSPS) is 39.8. The largest absolute Gasteiger partial charge is 0.352 e. The van der Waals surface area contributed by atoms with Gasteiger partial charge in [-0.2, -0.15) is 5.10 Å². The molecule has 1 unspecified atom stereocenters. The molecule has 2 heterocycles. The number of amides is 1. The number of hydrogen-bond acceptors (Lipinski definition) is 3. The van der Waals surface area contributed by atoms with E-state index >= 15 is 0 Å². The van der Waals surface area contributed by atoms with Crippen molar-refractivity contribution in [2.24, 2.45) is 35.6 Å². The molecular weight excluding hydrogens is 360 g/mol. The Morgan fingerprint density at radius 2 is 1.76 bits per heavy atom. The van der Waals surface area contributed by atoms with Crippen LogP contribution in [0.25, 0.3) is 0 Å². The fraction of sp³-hybridized carbons (Fsp3) is 0.833. The van der Waals surface area contributed by atoms with E-state index < -0.39 is 0 Å². The van der Waals surface area contributed by atoms with Crippen LogP contribution in [0.1, 0.15) is 63.5 Å². The Morgan fingerprint density at radius 3 is 2.34 bits per heavy atom. The second kappa shape index (κ2) is 6.57. The Labute approximate surface area is 174 Å². The Balaban J connectivity index is 1.01. The van der Waals surface area contributed by atoms with Gasteiger partial charge in [-0.05, 0) is 100 Å². The SMILES string of the molecule is Cn1nccc1CCN1CCC2(CC1)CC2NC(=O)C12CC3CC(CC(C3)C1)C2. The first-order valence-corrected chi connectivity index (χ1v) is 12.0. The number of carbonyl (C=O) groups is 1. The molecule has 1 aromatic rings. The average Bonchev–Trinajstić information content (AvgIpc) is 3.16. The number of aryl methyl sites for hydroxylation is 1. The van der Waals surface area contributed by atoms with Crippen molar-refractivity contribution in [3.63, 3.8) is 0 Å². The van der Waals surface area contributed by atoms with E-state index in [1.807, 2.05) is 17.9 Å². The summed E-state index contributed by atoms with van der Waals surface area (Å²) in [4.78, 5) is 16.0. The molecule has 1 spiro atoms. The molecule has 1 aliphatic heterocycles. The van der Waals surface area contributed by atoms with Gasteiger partial charge in [0.15, 0.2) is 0 Å². The number of hydrogen-bond donors (Lipinski definition) is 1. The molecule has 5 heteroatoms. The highest BCUT2D eigenvalue weighted by Gasteiger charge is 2.59. The van der Waals surface area contributed by atoms with Gasteiger partial charge >= 0.3 is 0 Å². The standard InChI is InChI=1S/C24H36N4O/c1-27-20(2-6-25-27)3-7-28-8-4-23(5-9-28)16-21(23)26-22(29)24-13-17-10-18(14-24)12-19(11-17)15-24/h2,6,17-19,21H,3-5,7-16H2,1H3,(H,26,29). The number of likely N-dealkylation sites (tertiary alicyclic amines) is 1. The molecule has 158 valence electrons. The lowest BCUT2D eigenvalue weighted by atomic mass is 9.49. The molecule has 0 aromatic carbocycles. The van der Waals surface area contributed by atoms with E-state index in [9.17, 15) is 4.79 Å². The average molecular weight is 397 g/mol. The third-order valence-corrected chi connectivity index (χ3v) is 9.47. The van der Waals surface area contributed by atoms with Crippen molar-refractivity contribution in [3.05, 3.63) is 18.0 Å². The molecule has 5 nitrogen and oxygen atoms in total. The van der Waals surface area contributed by atoms with Crippen LogP contribution < -0.4 is 5.32 Å². The molecule has 1 N–H and O–H groups in total. The summed E-state index contributed by atoms with van der Waals surface area (Å²) < 4.78 is 1.99.